The molecule has 4 rings (SSSR count). The van der Waals surface area contributed by atoms with Gasteiger partial charge < -0.3 is 24.5 Å². The maximum absolute atomic E-state index is 11.7. The first-order valence-corrected chi connectivity index (χ1v) is 12.0. The van der Waals surface area contributed by atoms with Gasteiger partial charge >= 0.3 is 12.1 Å². The Labute approximate surface area is 206 Å². The molecule has 1 fully saturated rings. The monoisotopic (exact) mass is 479 g/mol. The van der Waals surface area contributed by atoms with E-state index in [1.54, 1.807) is 0 Å². The summed E-state index contributed by atoms with van der Waals surface area (Å²) in [7, 11) is 3.97. The van der Waals surface area contributed by atoms with Crippen LogP contribution in [0.25, 0.3) is 0 Å². The Bertz CT molecular complexity index is 1060. The van der Waals surface area contributed by atoms with Gasteiger partial charge in [-0.2, -0.15) is 15.2 Å². The first kappa shape index (κ1) is 24.7. The molecular weight excluding hydrogens is 446 g/mol. The van der Waals surface area contributed by atoms with Crippen LogP contribution in [-0.2, 0) is 19.5 Å². The number of benzene rings is 1. The molecule has 1 saturated heterocycles. The van der Waals surface area contributed by atoms with Gasteiger partial charge in [0.2, 0.25) is 0 Å². The van der Waals surface area contributed by atoms with Gasteiger partial charge in [0, 0.05) is 51.4 Å². The van der Waals surface area contributed by atoms with Crippen LogP contribution in [0.15, 0.2) is 30.3 Å². The molecule has 0 spiro atoms. The normalized spacial score (nSPS) is 18.3. The Kier molecular flexibility index (Phi) is 8.00. The number of piperazine rings is 1. The second-order valence-electron chi connectivity index (χ2n) is 9.29. The Hall–Kier alpha value is -3.42. The van der Waals surface area contributed by atoms with Crippen LogP contribution < -0.4 is 9.64 Å². The van der Waals surface area contributed by atoms with E-state index in [1.165, 1.54) is 10.5 Å². The molecule has 2 aliphatic heterocycles. The lowest BCUT2D eigenvalue weighted by Gasteiger charge is -2.41. The zero-order valence-corrected chi connectivity index (χ0v) is 20.4. The number of hydrogen-bond donors (Lipinski definition) is 1. The Morgan fingerprint density at radius 2 is 2.03 bits per heavy atom. The highest BCUT2D eigenvalue weighted by atomic mass is 16.5. The number of ether oxygens (including phenoxy) is 1. The molecule has 1 aromatic carbocycles. The Balaban J connectivity index is 1.59. The van der Waals surface area contributed by atoms with E-state index in [0.29, 0.717) is 38.8 Å². The number of carboxylic acid groups (broad SMARTS) is 1. The SMILES string of the molecule is CN(C)CCOc1nc2c(c(N3CCN(C(=O)O)[C@@H](CC#N)C3)n1)CCN(Cc1ccccc1)C2. The molecule has 2 aliphatic rings. The second-order valence-corrected chi connectivity index (χ2v) is 9.29. The highest BCUT2D eigenvalue weighted by Gasteiger charge is 2.33. The minimum atomic E-state index is -0.987. The summed E-state index contributed by atoms with van der Waals surface area (Å²) >= 11 is 0. The van der Waals surface area contributed by atoms with Crippen LogP contribution in [0.1, 0.15) is 23.2 Å². The van der Waals surface area contributed by atoms with E-state index in [4.69, 9.17) is 14.7 Å². The van der Waals surface area contributed by atoms with Gasteiger partial charge in [0.15, 0.2) is 0 Å². The summed E-state index contributed by atoms with van der Waals surface area (Å²) in [5.41, 5.74) is 3.31. The van der Waals surface area contributed by atoms with Crippen LogP contribution >= 0.6 is 0 Å². The lowest BCUT2D eigenvalue weighted by molar-refractivity contribution is 0.118. The molecule has 10 heteroatoms. The summed E-state index contributed by atoms with van der Waals surface area (Å²) in [6.07, 6.45) is -0.0381. The second kappa shape index (κ2) is 11.3. The predicted octanol–water partition coefficient (Wildman–Crippen LogP) is 2.06. The fourth-order valence-corrected chi connectivity index (χ4v) is 4.64. The number of likely N-dealkylation sites (N-methyl/N-ethyl adjacent to an activating group) is 1. The van der Waals surface area contributed by atoms with E-state index in [0.717, 1.165) is 43.1 Å². The number of anilines is 1. The van der Waals surface area contributed by atoms with Crippen LogP contribution in [-0.4, -0.2) is 95.3 Å². The number of amides is 1. The third-order valence-corrected chi connectivity index (χ3v) is 6.48. The molecule has 1 N–H and O–H groups in total. The van der Waals surface area contributed by atoms with E-state index in [9.17, 15) is 15.2 Å². The molecule has 10 nitrogen and oxygen atoms in total. The van der Waals surface area contributed by atoms with Crippen molar-refractivity contribution in [2.75, 3.05) is 58.3 Å². The van der Waals surface area contributed by atoms with Crippen molar-refractivity contribution >= 4 is 11.9 Å². The molecule has 0 saturated carbocycles. The van der Waals surface area contributed by atoms with Crippen LogP contribution in [0.5, 0.6) is 6.01 Å². The number of carbonyl (C=O) groups is 1. The average Bonchev–Trinajstić information content (AvgIpc) is 2.84. The number of nitriles is 1. The molecule has 1 aromatic heterocycles. The van der Waals surface area contributed by atoms with E-state index < -0.39 is 12.1 Å². The van der Waals surface area contributed by atoms with E-state index in [1.807, 2.05) is 25.1 Å². The standard InChI is InChI=1S/C25H33N7O3/c1-29(2)14-15-35-24-27-22-18-30(16-19-6-4-3-5-7-19)11-9-21(22)23(28-24)31-12-13-32(25(33)34)20(17-31)8-10-26/h3-7,20H,8-9,11-18H2,1-2H3,(H,33,34)/t20-/m0/s1. The highest BCUT2D eigenvalue weighted by molar-refractivity contribution is 5.66. The number of nitrogens with zero attached hydrogens (tertiary/aromatic N) is 7. The van der Waals surface area contributed by atoms with Gasteiger partial charge in [-0.25, -0.2) is 4.79 Å². The number of rotatable bonds is 8. The van der Waals surface area contributed by atoms with Crippen molar-refractivity contribution in [2.24, 2.45) is 0 Å². The lowest BCUT2D eigenvalue weighted by atomic mass is 10.0. The third-order valence-electron chi connectivity index (χ3n) is 6.48. The number of fused-ring (bicyclic) bond motifs is 1. The molecule has 1 atom stereocenters. The number of hydrogen-bond acceptors (Lipinski definition) is 8. The molecule has 0 bridgehead atoms. The largest absolute Gasteiger partial charge is 0.465 e. The molecular formula is C25H33N7O3. The van der Waals surface area contributed by atoms with Gasteiger partial charge in [0.1, 0.15) is 12.4 Å². The Morgan fingerprint density at radius 1 is 1.23 bits per heavy atom. The quantitative estimate of drug-likeness (QED) is 0.608. The van der Waals surface area contributed by atoms with Gasteiger partial charge in [-0.15, -0.1) is 0 Å². The van der Waals surface area contributed by atoms with Crippen LogP contribution in [0.3, 0.4) is 0 Å². The summed E-state index contributed by atoms with van der Waals surface area (Å²) in [6, 6.07) is 12.5. The molecule has 1 amide bonds. The van der Waals surface area contributed by atoms with Crippen molar-refractivity contribution in [3.05, 3.63) is 47.2 Å². The molecule has 0 aliphatic carbocycles. The molecule has 186 valence electrons. The summed E-state index contributed by atoms with van der Waals surface area (Å²) in [5.74, 6) is 0.808. The van der Waals surface area contributed by atoms with Crippen LogP contribution in [0, 0.1) is 11.3 Å². The van der Waals surface area contributed by atoms with E-state index in [-0.39, 0.29) is 6.42 Å². The van der Waals surface area contributed by atoms with Crippen LogP contribution in [0.4, 0.5) is 10.6 Å². The van der Waals surface area contributed by atoms with Crippen molar-refractivity contribution in [2.45, 2.75) is 32.0 Å². The minimum absolute atomic E-state index is 0.146. The zero-order chi connectivity index (χ0) is 24.8. The van der Waals surface area contributed by atoms with Gasteiger partial charge in [0.25, 0.3) is 0 Å². The summed E-state index contributed by atoms with van der Waals surface area (Å²) in [4.78, 5) is 29.1. The van der Waals surface area contributed by atoms with Gasteiger partial charge in [-0.05, 0) is 26.1 Å². The summed E-state index contributed by atoms with van der Waals surface area (Å²) < 4.78 is 5.94. The van der Waals surface area contributed by atoms with Crippen molar-refractivity contribution in [1.82, 2.24) is 24.7 Å². The van der Waals surface area contributed by atoms with E-state index in [2.05, 4.69) is 40.1 Å². The van der Waals surface area contributed by atoms with Crippen molar-refractivity contribution < 1.29 is 14.6 Å². The molecule has 0 radical (unpaired) electrons. The predicted molar refractivity (Wildman–Crippen MR) is 131 cm³/mol. The maximum atomic E-state index is 11.7. The average molecular weight is 480 g/mol. The lowest BCUT2D eigenvalue weighted by Crippen LogP contribution is -2.55. The zero-order valence-electron chi connectivity index (χ0n) is 20.4. The van der Waals surface area contributed by atoms with Crippen LogP contribution in [0.2, 0.25) is 0 Å². The fraction of sp³-hybridized carbons (Fsp3) is 0.520. The topological polar surface area (TPSA) is 109 Å². The van der Waals surface area contributed by atoms with E-state index >= 15 is 0 Å². The molecule has 35 heavy (non-hydrogen) atoms. The van der Waals surface area contributed by atoms with Gasteiger partial charge in [0.05, 0.1) is 24.2 Å². The molecule has 0 unspecified atom stereocenters. The first-order chi connectivity index (χ1) is 16.9. The minimum Gasteiger partial charge on any atom is -0.465 e. The maximum Gasteiger partial charge on any atom is 0.407 e. The van der Waals surface area contributed by atoms with Gasteiger partial charge in [-0.3, -0.25) is 4.90 Å². The van der Waals surface area contributed by atoms with Crippen molar-refractivity contribution in [3.63, 3.8) is 0 Å². The summed E-state index contributed by atoms with van der Waals surface area (Å²) in [6.45, 7) is 4.92. The summed E-state index contributed by atoms with van der Waals surface area (Å²) in [5, 5.41) is 18.8. The third kappa shape index (κ3) is 6.18. The highest BCUT2D eigenvalue weighted by Crippen LogP contribution is 2.31. The van der Waals surface area contributed by atoms with Crippen molar-refractivity contribution in [3.8, 4) is 12.1 Å². The smallest absolute Gasteiger partial charge is 0.407 e. The number of aromatic nitrogens is 2. The molecule has 3 heterocycles. The van der Waals surface area contributed by atoms with Crippen molar-refractivity contribution in [1.29, 1.82) is 5.26 Å². The fourth-order valence-electron chi connectivity index (χ4n) is 4.64. The first-order valence-electron chi connectivity index (χ1n) is 12.0. The Morgan fingerprint density at radius 3 is 2.74 bits per heavy atom. The molecule has 2 aromatic rings. The van der Waals surface area contributed by atoms with Gasteiger partial charge in [-0.1, -0.05) is 30.3 Å².